The highest BCUT2D eigenvalue weighted by atomic mass is 32.1. The molecular formula is C20H13N3O5S. The van der Waals surface area contributed by atoms with Crippen LogP contribution in [0.15, 0.2) is 71.7 Å². The molecule has 2 aromatic carbocycles. The summed E-state index contributed by atoms with van der Waals surface area (Å²) in [7, 11) is 0. The molecule has 0 radical (unpaired) electrons. The number of nitrogens with zero attached hydrogens (tertiary/aromatic N) is 3. The molecule has 0 bridgehead atoms. The van der Waals surface area contributed by atoms with Gasteiger partial charge in [0.15, 0.2) is 5.13 Å². The Kier molecular flexibility index (Phi) is 4.65. The third-order valence-corrected chi connectivity index (χ3v) is 5.31. The van der Waals surface area contributed by atoms with E-state index in [1.807, 2.05) is 0 Å². The fourth-order valence-electron chi connectivity index (χ4n) is 3.21. The number of thiazole rings is 1. The maximum atomic E-state index is 12.8. The van der Waals surface area contributed by atoms with Gasteiger partial charge in [-0.2, -0.15) is 0 Å². The number of aliphatic hydroxyl groups is 1. The van der Waals surface area contributed by atoms with Gasteiger partial charge in [-0.15, -0.1) is 11.3 Å². The van der Waals surface area contributed by atoms with E-state index in [0.29, 0.717) is 16.3 Å². The molecule has 9 heteroatoms. The Bertz CT molecular complexity index is 1120. The normalized spacial score (nSPS) is 18.2. The Balaban J connectivity index is 1.92. The highest BCUT2D eigenvalue weighted by Crippen LogP contribution is 2.42. The van der Waals surface area contributed by atoms with Gasteiger partial charge >= 0.3 is 5.91 Å². The Morgan fingerprint density at radius 1 is 1.10 bits per heavy atom. The van der Waals surface area contributed by atoms with Crippen molar-refractivity contribution in [2.24, 2.45) is 0 Å². The first-order chi connectivity index (χ1) is 14.0. The van der Waals surface area contributed by atoms with E-state index in [1.54, 1.807) is 35.7 Å². The van der Waals surface area contributed by atoms with Gasteiger partial charge in [0.25, 0.3) is 11.5 Å². The Labute approximate surface area is 168 Å². The van der Waals surface area contributed by atoms with Crippen LogP contribution >= 0.6 is 11.3 Å². The van der Waals surface area contributed by atoms with Crippen LogP contribution < -0.4 is 4.90 Å². The van der Waals surface area contributed by atoms with Gasteiger partial charge in [-0.05, 0) is 17.7 Å². The lowest BCUT2D eigenvalue weighted by Crippen LogP contribution is -2.29. The standard InChI is InChI=1S/C20H13N3O5S/c24-17(13-4-2-1-3-5-13)15-16(12-6-8-14(9-7-12)23(27)28)22(19(26)18(15)25)20-21-10-11-29-20/h1-11,16,24H/b17-15+. The summed E-state index contributed by atoms with van der Waals surface area (Å²) in [5.41, 5.74) is 0.618. The summed E-state index contributed by atoms with van der Waals surface area (Å²) in [5.74, 6) is -1.97. The van der Waals surface area contributed by atoms with Gasteiger partial charge in [-0.3, -0.25) is 24.6 Å². The molecule has 1 aliphatic rings. The minimum Gasteiger partial charge on any atom is -0.507 e. The minimum absolute atomic E-state index is 0.0924. The largest absolute Gasteiger partial charge is 0.507 e. The van der Waals surface area contributed by atoms with Crippen LogP contribution in [0.1, 0.15) is 17.2 Å². The first-order valence-electron chi connectivity index (χ1n) is 8.49. The van der Waals surface area contributed by atoms with E-state index < -0.39 is 22.7 Å². The van der Waals surface area contributed by atoms with Gasteiger partial charge in [-0.1, -0.05) is 30.3 Å². The molecule has 1 aromatic heterocycles. The number of aromatic nitrogens is 1. The second-order valence-corrected chi connectivity index (χ2v) is 7.07. The Hall–Kier alpha value is -3.85. The van der Waals surface area contributed by atoms with Crippen molar-refractivity contribution in [1.82, 2.24) is 4.98 Å². The van der Waals surface area contributed by atoms with Gasteiger partial charge in [0, 0.05) is 29.3 Å². The molecule has 1 atom stereocenters. The zero-order chi connectivity index (χ0) is 20.5. The molecule has 1 saturated heterocycles. The van der Waals surface area contributed by atoms with Crippen LogP contribution in [0.4, 0.5) is 10.8 Å². The number of nitro benzene ring substituents is 1. The number of non-ortho nitro benzene ring substituents is 1. The number of ketones is 1. The van der Waals surface area contributed by atoms with E-state index >= 15 is 0 Å². The summed E-state index contributed by atoms with van der Waals surface area (Å²) < 4.78 is 0. The molecule has 1 fully saturated rings. The quantitative estimate of drug-likeness (QED) is 0.232. The molecule has 3 aromatic rings. The van der Waals surface area contributed by atoms with E-state index in [2.05, 4.69) is 4.98 Å². The number of benzene rings is 2. The number of rotatable bonds is 4. The van der Waals surface area contributed by atoms with Crippen LogP contribution in [-0.4, -0.2) is 26.7 Å². The number of amides is 1. The number of hydrogen-bond donors (Lipinski definition) is 1. The van der Waals surface area contributed by atoms with Crippen LogP contribution in [0.2, 0.25) is 0 Å². The monoisotopic (exact) mass is 407 g/mol. The van der Waals surface area contributed by atoms with Crippen LogP contribution in [0, 0.1) is 10.1 Å². The Morgan fingerprint density at radius 2 is 1.79 bits per heavy atom. The van der Waals surface area contributed by atoms with E-state index in [1.165, 1.54) is 46.7 Å². The van der Waals surface area contributed by atoms with Crippen LogP contribution in [0.5, 0.6) is 0 Å². The average Bonchev–Trinajstić information content (AvgIpc) is 3.35. The minimum atomic E-state index is -0.956. The molecule has 144 valence electrons. The van der Waals surface area contributed by atoms with Crippen molar-refractivity contribution in [2.75, 3.05) is 4.90 Å². The molecule has 1 N–H and O–H groups in total. The van der Waals surface area contributed by atoms with Gasteiger partial charge in [0.1, 0.15) is 5.76 Å². The lowest BCUT2D eigenvalue weighted by Gasteiger charge is -2.22. The maximum Gasteiger partial charge on any atom is 0.301 e. The fourth-order valence-corrected chi connectivity index (χ4v) is 3.88. The highest BCUT2D eigenvalue weighted by molar-refractivity contribution is 7.14. The summed E-state index contributed by atoms with van der Waals surface area (Å²) in [6.45, 7) is 0. The van der Waals surface area contributed by atoms with E-state index in [9.17, 15) is 24.8 Å². The third kappa shape index (κ3) is 3.17. The molecular weight excluding hydrogens is 394 g/mol. The number of nitro groups is 1. The second-order valence-electron chi connectivity index (χ2n) is 6.20. The van der Waals surface area contributed by atoms with E-state index in [0.717, 1.165) is 0 Å². The molecule has 0 saturated carbocycles. The molecule has 0 aliphatic carbocycles. The molecule has 1 unspecified atom stereocenters. The Morgan fingerprint density at radius 3 is 2.38 bits per heavy atom. The maximum absolute atomic E-state index is 12.8. The van der Waals surface area contributed by atoms with Crippen molar-refractivity contribution in [3.05, 3.63) is 93.0 Å². The van der Waals surface area contributed by atoms with Crippen LogP contribution in [0.25, 0.3) is 5.76 Å². The summed E-state index contributed by atoms with van der Waals surface area (Å²) in [5, 5.41) is 23.8. The molecule has 29 heavy (non-hydrogen) atoms. The average molecular weight is 407 g/mol. The van der Waals surface area contributed by atoms with Gasteiger partial charge in [0.2, 0.25) is 0 Å². The van der Waals surface area contributed by atoms with Crippen molar-refractivity contribution in [1.29, 1.82) is 0 Å². The number of anilines is 1. The van der Waals surface area contributed by atoms with E-state index in [4.69, 9.17) is 0 Å². The predicted molar refractivity (Wildman–Crippen MR) is 106 cm³/mol. The molecule has 1 aliphatic heterocycles. The first kappa shape index (κ1) is 18.5. The number of hydrogen-bond acceptors (Lipinski definition) is 7. The van der Waals surface area contributed by atoms with Crippen molar-refractivity contribution < 1.29 is 19.6 Å². The second kappa shape index (κ2) is 7.28. The van der Waals surface area contributed by atoms with Crippen molar-refractivity contribution in [3.8, 4) is 0 Å². The molecule has 1 amide bonds. The highest BCUT2D eigenvalue weighted by Gasteiger charge is 2.48. The zero-order valence-electron chi connectivity index (χ0n) is 14.8. The molecule has 0 spiro atoms. The van der Waals surface area contributed by atoms with Gasteiger partial charge in [-0.25, -0.2) is 4.98 Å². The number of aliphatic hydroxyl groups excluding tert-OH is 1. The summed E-state index contributed by atoms with van der Waals surface area (Å²) in [6, 6.07) is 13.0. The number of Topliss-reactive ketones (excluding diaryl/α,β-unsaturated/α-hetero) is 1. The molecule has 4 rings (SSSR count). The summed E-state index contributed by atoms with van der Waals surface area (Å²) >= 11 is 1.17. The molecule has 2 heterocycles. The SMILES string of the molecule is O=C1C(=O)N(c2nccs2)C(c2ccc([N+](=O)[O-])cc2)/C1=C(\O)c1ccccc1. The van der Waals surface area contributed by atoms with Crippen molar-refractivity contribution in [3.63, 3.8) is 0 Å². The van der Waals surface area contributed by atoms with Gasteiger partial charge in [0.05, 0.1) is 16.5 Å². The topological polar surface area (TPSA) is 114 Å². The molecule has 8 nitrogen and oxygen atoms in total. The van der Waals surface area contributed by atoms with E-state index in [-0.39, 0.29) is 17.0 Å². The first-order valence-corrected chi connectivity index (χ1v) is 9.37. The fraction of sp³-hybridized carbons (Fsp3) is 0.0500. The lowest BCUT2D eigenvalue weighted by atomic mass is 9.95. The predicted octanol–water partition coefficient (Wildman–Crippen LogP) is 3.68. The summed E-state index contributed by atoms with van der Waals surface area (Å²) in [4.78, 5) is 41.4. The van der Waals surface area contributed by atoms with Crippen LogP contribution in [0.3, 0.4) is 0 Å². The zero-order valence-corrected chi connectivity index (χ0v) is 15.6. The third-order valence-electron chi connectivity index (χ3n) is 4.54. The smallest absolute Gasteiger partial charge is 0.301 e. The number of carbonyl (C=O) groups excluding carboxylic acids is 2. The number of carbonyl (C=O) groups is 2. The van der Waals surface area contributed by atoms with Crippen molar-refractivity contribution >= 4 is 39.6 Å². The lowest BCUT2D eigenvalue weighted by molar-refractivity contribution is -0.384. The van der Waals surface area contributed by atoms with Crippen LogP contribution in [-0.2, 0) is 9.59 Å². The summed E-state index contributed by atoms with van der Waals surface area (Å²) in [6.07, 6.45) is 1.50. The van der Waals surface area contributed by atoms with Gasteiger partial charge < -0.3 is 5.11 Å². The van der Waals surface area contributed by atoms with Crippen molar-refractivity contribution in [2.45, 2.75) is 6.04 Å².